The number of aromatic nitrogens is 1. The molecule has 1 aromatic heterocycles. The summed E-state index contributed by atoms with van der Waals surface area (Å²) in [5.74, 6) is 0.146. The largest absolute Gasteiger partial charge is 0.573 e. The van der Waals surface area contributed by atoms with E-state index in [1.807, 2.05) is 0 Å². The van der Waals surface area contributed by atoms with Crippen LogP contribution in [0.15, 0.2) is 28.8 Å². The van der Waals surface area contributed by atoms with Gasteiger partial charge in [0.25, 0.3) is 0 Å². The lowest BCUT2D eigenvalue weighted by atomic mass is 10.0. The SMILES string of the molecule is O=Cc1c(-c2ccccc2OC(F)(F)F)noc1C1CC1. The Labute approximate surface area is 117 Å². The molecule has 3 rings (SSSR count). The van der Waals surface area contributed by atoms with E-state index in [-0.39, 0.29) is 22.7 Å². The summed E-state index contributed by atoms with van der Waals surface area (Å²) < 4.78 is 46.4. The number of alkyl halides is 3. The molecular formula is C14H10F3NO3. The Balaban J connectivity index is 2.06. The van der Waals surface area contributed by atoms with Crippen molar-refractivity contribution in [3.05, 3.63) is 35.6 Å². The molecule has 0 atom stereocenters. The zero-order valence-corrected chi connectivity index (χ0v) is 10.7. The molecule has 0 amide bonds. The Morgan fingerprint density at radius 2 is 2.00 bits per heavy atom. The van der Waals surface area contributed by atoms with Gasteiger partial charge in [0.05, 0.1) is 5.56 Å². The first-order valence-corrected chi connectivity index (χ1v) is 6.29. The van der Waals surface area contributed by atoms with Crippen LogP contribution < -0.4 is 4.74 Å². The van der Waals surface area contributed by atoms with Crippen LogP contribution >= 0.6 is 0 Å². The zero-order valence-electron chi connectivity index (χ0n) is 10.7. The van der Waals surface area contributed by atoms with Crippen LogP contribution in [-0.4, -0.2) is 17.8 Å². The number of halogens is 3. The van der Waals surface area contributed by atoms with Gasteiger partial charge in [0.15, 0.2) is 12.0 Å². The van der Waals surface area contributed by atoms with Gasteiger partial charge >= 0.3 is 6.36 Å². The fraction of sp³-hybridized carbons (Fsp3) is 0.286. The minimum Gasteiger partial charge on any atom is -0.405 e. The lowest BCUT2D eigenvalue weighted by molar-refractivity contribution is -0.274. The number of nitrogens with zero attached hydrogens (tertiary/aromatic N) is 1. The van der Waals surface area contributed by atoms with E-state index in [0.29, 0.717) is 12.0 Å². The summed E-state index contributed by atoms with van der Waals surface area (Å²) in [6.45, 7) is 0. The molecule has 0 bridgehead atoms. The summed E-state index contributed by atoms with van der Waals surface area (Å²) in [6.07, 6.45) is -2.49. The number of hydrogen-bond donors (Lipinski definition) is 0. The number of benzene rings is 1. The molecule has 1 aliphatic carbocycles. The Hall–Kier alpha value is -2.31. The maximum Gasteiger partial charge on any atom is 0.573 e. The lowest BCUT2D eigenvalue weighted by Gasteiger charge is -2.11. The first-order chi connectivity index (χ1) is 9.99. The molecule has 1 fully saturated rings. The van der Waals surface area contributed by atoms with Gasteiger partial charge in [-0.15, -0.1) is 13.2 Å². The third kappa shape index (κ3) is 2.76. The molecule has 1 aromatic carbocycles. The predicted molar refractivity (Wildman–Crippen MR) is 66.0 cm³/mol. The zero-order chi connectivity index (χ0) is 15.0. The van der Waals surface area contributed by atoms with Crippen LogP contribution in [0.4, 0.5) is 13.2 Å². The number of ether oxygens (including phenoxy) is 1. The quantitative estimate of drug-likeness (QED) is 0.802. The minimum absolute atomic E-state index is 0.0757. The monoisotopic (exact) mass is 297 g/mol. The Morgan fingerprint density at radius 1 is 1.29 bits per heavy atom. The molecule has 7 heteroatoms. The average Bonchev–Trinajstić information content (AvgIpc) is 3.17. The molecule has 21 heavy (non-hydrogen) atoms. The van der Waals surface area contributed by atoms with Gasteiger partial charge in [-0.2, -0.15) is 0 Å². The number of carbonyl (C=O) groups is 1. The second kappa shape index (κ2) is 4.91. The summed E-state index contributed by atoms with van der Waals surface area (Å²) >= 11 is 0. The minimum atomic E-state index is -4.82. The molecule has 4 nitrogen and oxygen atoms in total. The molecule has 0 radical (unpaired) electrons. The molecule has 1 saturated carbocycles. The van der Waals surface area contributed by atoms with E-state index in [0.717, 1.165) is 12.8 Å². The van der Waals surface area contributed by atoms with Crippen molar-refractivity contribution in [2.75, 3.05) is 0 Å². The highest BCUT2D eigenvalue weighted by molar-refractivity contribution is 5.88. The van der Waals surface area contributed by atoms with Crippen molar-refractivity contribution in [2.24, 2.45) is 0 Å². The number of aldehydes is 1. The van der Waals surface area contributed by atoms with Gasteiger partial charge in [-0.05, 0) is 25.0 Å². The molecule has 1 heterocycles. The highest BCUT2D eigenvalue weighted by atomic mass is 19.4. The molecule has 1 aliphatic rings. The van der Waals surface area contributed by atoms with E-state index in [2.05, 4.69) is 9.89 Å². The van der Waals surface area contributed by atoms with E-state index in [1.165, 1.54) is 18.2 Å². The third-order valence-corrected chi connectivity index (χ3v) is 3.19. The fourth-order valence-corrected chi connectivity index (χ4v) is 2.13. The van der Waals surface area contributed by atoms with Gasteiger partial charge < -0.3 is 9.26 Å². The Morgan fingerprint density at radius 3 is 2.62 bits per heavy atom. The maximum atomic E-state index is 12.4. The second-order valence-electron chi connectivity index (χ2n) is 4.75. The molecule has 110 valence electrons. The van der Waals surface area contributed by atoms with E-state index in [9.17, 15) is 18.0 Å². The average molecular weight is 297 g/mol. The van der Waals surface area contributed by atoms with Crippen molar-refractivity contribution in [3.8, 4) is 17.0 Å². The van der Waals surface area contributed by atoms with Crippen LogP contribution in [0, 0.1) is 0 Å². The second-order valence-corrected chi connectivity index (χ2v) is 4.75. The number of hydrogen-bond acceptors (Lipinski definition) is 4. The van der Waals surface area contributed by atoms with Crippen LogP contribution in [0.3, 0.4) is 0 Å². The van der Waals surface area contributed by atoms with Crippen LogP contribution in [0.2, 0.25) is 0 Å². The first-order valence-electron chi connectivity index (χ1n) is 6.29. The van der Waals surface area contributed by atoms with E-state index >= 15 is 0 Å². The highest BCUT2D eigenvalue weighted by Gasteiger charge is 2.35. The van der Waals surface area contributed by atoms with Gasteiger partial charge in [0, 0.05) is 11.5 Å². The maximum absolute atomic E-state index is 12.4. The first kappa shape index (κ1) is 13.7. The summed E-state index contributed by atoms with van der Waals surface area (Å²) in [5, 5.41) is 3.76. The Kier molecular flexibility index (Phi) is 3.19. The molecule has 0 spiro atoms. The molecule has 0 saturated heterocycles. The highest BCUT2D eigenvalue weighted by Crippen LogP contribution is 2.44. The third-order valence-electron chi connectivity index (χ3n) is 3.19. The molecule has 0 unspecified atom stereocenters. The van der Waals surface area contributed by atoms with E-state index < -0.39 is 12.1 Å². The lowest BCUT2D eigenvalue weighted by Crippen LogP contribution is -2.17. The van der Waals surface area contributed by atoms with Crippen molar-refractivity contribution in [3.63, 3.8) is 0 Å². The summed E-state index contributed by atoms with van der Waals surface area (Å²) in [6, 6.07) is 5.52. The summed E-state index contributed by atoms with van der Waals surface area (Å²) in [4.78, 5) is 11.2. The van der Waals surface area contributed by atoms with Crippen LogP contribution in [0.1, 0.15) is 34.9 Å². The van der Waals surface area contributed by atoms with Crippen LogP contribution in [0.25, 0.3) is 11.3 Å². The fourth-order valence-electron chi connectivity index (χ4n) is 2.13. The molecule has 2 aromatic rings. The normalized spacial score (nSPS) is 15.0. The molecular weight excluding hydrogens is 287 g/mol. The van der Waals surface area contributed by atoms with Crippen molar-refractivity contribution < 1.29 is 27.2 Å². The topological polar surface area (TPSA) is 52.3 Å². The number of para-hydroxylation sites is 1. The smallest absolute Gasteiger partial charge is 0.405 e. The summed E-state index contributed by atoms with van der Waals surface area (Å²) in [5.41, 5.74) is 0.343. The standard InChI is InChI=1S/C14H10F3NO3/c15-14(16,17)20-11-4-2-1-3-9(11)12-10(7-19)13(21-18-12)8-5-6-8/h1-4,7-8H,5-6H2. The van der Waals surface area contributed by atoms with Gasteiger partial charge in [-0.25, -0.2) is 0 Å². The summed E-state index contributed by atoms with van der Waals surface area (Å²) in [7, 11) is 0. The van der Waals surface area contributed by atoms with E-state index in [4.69, 9.17) is 4.52 Å². The van der Waals surface area contributed by atoms with Crippen molar-refractivity contribution in [2.45, 2.75) is 25.1 Å². The van der Waals surface area contributed by atoms with Crippen LogP contribution in [0.5, 0.6) is 5.75 Å². The van der Waals surface area contributed by atoms with Crippen molar-refractivity contribution in [1.29, 1.82) is 0 Å². The predicted octanol–water partition coefficient (Wildman–Crippen LogP) is 3.93. The van der Waals surface area contributed by atoms with Crippen molar-refractivity contribution in [1.82, 2.24) is 5.16 Å². The van der Waals surface area contributed by atoms with Crippen LogP contribution in [-0.2, 0) is 0 Å². The number of rotatable bonds is 4. The van der Waals surface area contributed by atoms with E-state index in [1.54, 1.807) is 6.07 Å². The van der Waals surface area contributed by atoms with Gasteiger partial charge in [-0.1, -0.05) is 17.3 Å². The molecule has 0 aliphatic heterocycles. The Bertz CT molecular complexity index is 674. The van der Waals surface area contributed by atoms with Gasteiger partial charge in [-0.3, -0.25) is 4.79 Å². The molecule has 0 N–H and O–H groups in total. The number of carbonyl (C=O) groups excluding carboxylic acids is 1. The van der Waals surface area contributed by atoms with Gasteiger partial charge in [0.1, 0.15) is 11.4 Å². The van der Waals surface area contributed by atoms with Crippen molar-refractivity contribution >= 4 is 6.29 Å². The van der Waals surface area contributed by atoms with Gasteiger partial charge in [0.2, 0.25) is 0 Å².